The third-order valence-electron chi connectivity index (χ3n) is 9.04. The lowest BCUT2D eigenvalue weighted by atomic mass is 9.71. The highest BCUT2D eigenvalue weighted by molar-refractivity contribution is 6.37. The van der Waals surface area contributed by atoms with E-state index in [2.05, 4.69) is 21.3 Å². The number of fused-ring (bicyclic) bond motifs is 1. The van der Waals surface area contributed by atoms with Gasteiger partial charge in [0.15, 0.2) is 11.5 Å². The molecule has 0 atom stereocenters. The molecule has 10 nitrogen and oxygen atoms in total. The van der Waals surface area contributed by atoms with Crippen LogP contribution in [0.4, 0.5) is 16.2 Å². The van der Waals surface area contributed by atoms with Gasteiger partial charge in [0, 0.05) is 43.4 Å². The average Bonchev–Trinajstić information content (AvgIpc) is 3.04. The maximum atomic E-state index is 12.5. The Morgan fingerprint density at radius 3 is 2.30 bits per heavy atom. The predicted molar refractivity (Wildman–Crippen MR) is 185 cm³/mol. The van der Waals surface area contributed by atoms with Gasteiger partial charge in [-0.1, -0.05) is 23.2 Å². The number of benzene rings is 2. The maximum Gasteiger partial charge on any atom is 0.410 e. The number of nitrogens with zero attached hydrogens (tertiary/aromatic N) is 4. The van der Waals surface area contributed by atoms with Crippen molar-refractivity contribution in [1.82, 2.24) is 14.8 Å². The Labute approximate surface area is 286 Å². The molecule has 0 bridgehead atoms. The summed E-state index contributed by atoms with van der Waals surface area (Å²) in [4.78, 5) is 21.4. The van der Waals surface area contributed by atoms with Gasteiger partial charge in [-0.05, 0) is 83.5 Å². The van der Waals surface area contributed by atoms with Crippen molar-refractivity contribution in [1.29, 1.82) is 5.26 Å². The van der Waals surface area contributed by atoms with Gasteiger partial charge >= 0.3 is 6.09 Å². The van der Waals surface area contributed by atoms with E-state index in [9.17, 15) is 10.1 Å². The Kier molecular flexibility index (Phi) is 10.8. The second-order valence-electron chi connectivity index (χ2n) is 13.3. The van der Waals surface area contributed by atoms with Gasteiger partial charge in [-0.2, -0.15) is 5.26 Å². The third kappa shape index (κ3) is 8.26. The first-order valence-electron chi connectivity index (χ1n) is 16.0. The van der Waals surface area contributed by atoms with Gasteiger partial charge in [-0.25, -0.2) is 4.79 Å². The molecule has 5 rings (SSSR count). The van der Waals surface area contributed by atoms with Crippen molar-refractivity contribution < 1.29 is 23.7 Å². The number of piperidine rings is 2. The Morgan fingerprint density at radius 1 is 0.979 bits per heavy atom. The summed E-state index contributed by atoms with van der Waals surface area (Å²) in [6.07, 6.45) is 6.55. The lowest BCUT2D eigenvalue weighted by Gasteiger charge is -2.46. The maximum absolute atomic E-state index is 12.5. The standard InChI is InChI=1S/C35H43Cl2N5O5/c1-34(2,3)47-33(43)42-14-9-35(10-15-42)7-12-41(13-8-35)11-6-16-46-31-19-27-24(17-30(31)45-5)32(23(21-38)22-39-27)40-28-20-29(44-4)26(37)18-25(28)36/h17-20,22H,6-16H2,1-5H3,(H,39,40). The van der Waals surface area contributed by atoms with E-state index in [-0.39, 0.29) is 6.09 Å². The molecule has 2 saturated heterocycles. The predicted octanol–water partition coefficient (Wildman–Crippen LogP) is 8.06. The van der Waals surface area contributed by atoms with Crippen molar-refractivity contribution in [3.05, 3.63) is 46.1 Å². The molecule has 1 aromatic heterocycles. The fourth-order valence-electron chi connectivity index (χ4n) is 6.32. The zero-order chi connectivity index (χ0) is 33.8. The Bertz CT molecular complexity index is 1640. The number of carbonyl (C=O) groups is 1. The van der Waals surface area contributed by atoms with Crippen LogP contribution in [0.2, 0.25) is 10.0 Å². The molecular weight excluding hydrogens is 641 g/mol. The smallest absolute Gasteiger partial charge is 0.410 e. The van der Waals surface area contributed by atoms with Gasteiger partial charge < -0.3 is 34.1 Å². The minimum absolute atomic E-state index is 0.198. The fourth-order valence-corrected chi connectivity index (χ4v) is 6.83. The van der Waals surface area contributed by atoms with Crippen LogP contribution in [0.15, 0.2) is 30.5 Å². The van der Waals surface area contributed by atoms with Crippen LogP contribution in [0, 0.1) is 16.7 Å². The molecule has 0 radical (unpaired) electrons. The number of anilines is 2. The van der Waals surface area contributed by atoms with E-state index in [1.165, 1.54) is 13.3 Å². The first-order chi connectivity index (χ1) is 22.4. The molecule has 2 aromatic carbocycles. The van der Waals surface area contributed by atoms with E-state index in [4.69, 9.17) is 42.1 Å². The number of pyridine rings is 1. The van der Waals surface area contributed by atoms with Crippen molar-refractivity contribution >= 4 is 51.6 Å². The quantitative estimate of drug-likeness (QED) is 0.224. The van der Waals surface area contributed by atoms with Crippen molar-refractivity contribution in [3.8, 4) is 23.3 Å². The van der Waals surface area contributed by atoms with Crippen LogP contribution in [0.1, 0.15) is 58.4 Å². The molecule has 3 heterocycles. The van der Waals surface area contributed by atoms with Crippen molar-refractivity contribution in [2.75, 3.05) is 58.9 Å². The van der Waals surface area contributed by atoms with Gasteiger partial charge in [-0.3, -0.25) is 4.98 Å². The monoisotopic (exact) mass is 683 g/mol. The number of methoxy groups -OCH3 is 2. The lowest BCUT2D eigenvalue weighted by molar-refractivity contribution is -0.00266. The number of aromatic nitrogens is 1. The molecule has 0 aliphatic carbocycles. The van der Waals surface area contributed by atoms with Crippen LogP contribution in [0.25, 0.3) is 10.9 Å². The van der Waals surface area contributed by atoms with E-state index in [0.717, 1.165) is 64.8 Å². The molecule has 2 aliphatic rings. The average molecular weight is 685 g/mol. The SMILES string of the molecule is COc1cc(Nc2c(C#N)cnc3cc(OCCCN4CCC5(CC4)CCN(C(=O)OC(C)(C)C)CC5)c(OC)cc23)c(Cl)cc1Cl. The zero-order valence-corrected chi connectivity index (χ0v) is 29.3. The first kappa shape index (κ1) is 34.7. The van der Waals surface area contributed by atoms with E-state index < -0.39 is 5.60 Å². The Balaban J connectivity index is 1.17. The molecule has 0 saturated carbocycles. The second-order valence-corrected chi connectivity index (χ2v) is 14.1. The van der Waals surface area contributed by atoms with E-state index in [1.54, 1.807) is 19.2 Å². The molecule has 1 N–H and O–H groups in total. The minimum Gasteiger partial charge on any atom is -0.495 e. The van der Waals surface area contributed by atoms with Gasteiger partial charge in [0.1, 0.15) is 17.4 Å². The number of hydrogen-bond donors (Lipinski definition) is 1. The number of rotatable bonds is 9. The summed E-state index contributed by atoms with van der Waals surface area (Å²) in [7, 11) is 3.11. The van der Waals surface area contributed by atoms with Gasteiger partial charge in [0.05, 0.1) is 53.3 Å². The fraction of sp³-hybridized carbons (Fsp3) is 0.514. The summed E-state index contributed by atoms with van der Waals surface area (Å²) in [5.41, 5.74) is 1.90. The summed E-state index contributed by atoms with van der Waals surface area (Å²) in [6.45, 7) is 10.8. The molecule has 1 amide bonds. The Hall–Kier alpha value is -3.65. The number of nitrogens with one attached hydrogen (secondary N) is 1. The third-order valence-corrected chi connectivity index (χ3v) is 9.65. The topological polar surface area (TPSA) is 109 Å². The molecule has 1 spiro atoms. The van der Waals surface area contributed by atoms with Crippen molar-refractivity contribution in [3.63, 3.8) is 0 Å². The summed E-state index contributed by atoms with van der Waals surface area (Å²) < 4.78 is 22.8. The van der Waals surface area contributed by atoms with Crippen molar-refractivity contribution in [2.24, 2.45) is 5.41 Å². The molecule has 47 heavy (non-hydrogen) atoms. The number of halogens is 2. The largest absolute Gasteiger partial charge is 0.495 e. The number of carbonyl (C=O) groups excluding carboxylic acids is 1. The first-order valence-corrected chi connectivity index (χ1v) is 16.7. The highest BCUT2D eigenvalue weighted by Gasteiger charge is 2.39. The van der Waals surface area contributed by atoms with Crippen LogP contribution in [-0.2, 0) is 4.74 Å². The molecule has 0 unspecified atom stereocenters. The second kappa shape index (κ2) is 14.6. The molecule has 2 aliphatic heterocycles. The number of hydrogen-bond acceptors (Lipinski definition) is 9. The normalized spacial score (nSPS) is 16.5. The zero-order valence-electron chi connectivity index (χ0n) is 27.8. The van der Waals surface area contributed by atoms with Gasteiger partial charge in [0.2, 0.25) is 0 Å². The number of likely N-dealkylation sites (tertiary alicyclic amines) is 2. The van der Waals surface area contributed by atoms with Gasteiger partial charge in [0.25, 0.3) is 0 Å². The van der Waals surface area contributed by atoms with Crippen LogP contribution >= 0.6 is 23.2 Å². The minimum atomic E-state index is -0.468. The molecule has 3 aromatic rings. The molecule has 2 fully saturated rings. The lowest BCUT2D eigenvalue weighted by Crippen LogP contribution is -2.49. The van der Waals surface area contributed by atoms with Gasteiger partial charge in [-0.15, -0.1) is 0 Å². The number of nitriles is 1. The molecule has 12 heteroatoms. The molecule has 252 valence electrons. The molecular formula is C35H43Cl2N5O5. The highest BCUT2D eigenvalue weighted by Crippen LogP contribution is 2.42. The van der Waals surface area contributed by atoms with Crippen molar-refractivity contribution in [2.45, 2.75) is 58.5 Å². The van der Waals surface area contributed by atoms with Crippen LogP contribution in [0.3, 0.4) is 0 Å². The highest BCUT2D eigenvalue weighted by atomic mass is 35.5. The number of amides is 1. The summed E-state index contributed by atoms with van der Waals surface area (Å²) in [5, 5.41) is 14.6. The van der Waals surface area contributed by atoms with E-state index in [0.29, 0.717) is 67.2 Å². The van der Waals surface area contributed by atoms with E-state index >= 15 is 0 Å². The summed E-state index contributed by atoms with van der Waals surface area (Å²) in [5.74, 6) is 1.58. The van der Waals surface area contributed by atoms with E-state index in [1.807, 2.05) is 37.8 Å². The summed E-state index contributed by atoms with van der Waals surface area (Å²) >= 11 is 12.7. The van der Waals surface area contributed by atoms with Crippen LogP contribution in [-0.4, -0.2) is 80.0 Å². The number of ether oxygens (including phenoxy) is 4. The Morgan fingerprint density at radius 2 is 1.66 bits per heavy atom. The van der Waals surface area contributed by atoms with Crippen LogP contribution in [0.5, 0.6) is 17.2 Å². The summed E-state index contributed by atoms with van der Waals surface area (Å²) in [6, 6.07) is 9.13. The van der Waals surface area contributed by atoms with Crippen LogP contribution < -0.4 is 19.5 Å².